The molecule has 1 aliphatic rings. The number of amides is 1. The molecule has 1 saturated heterocycles. The van der Waals surface area contributed by atoms with Gasteiger partial charge in [0.15, 0.2) is 0 Å². The summed E-state index contributed by atoms with van der Waals surface area (Å²) in [7, 11) is 0. The van der Waals surface area contributed by atoms with Crippen LogP contribution in [0.1, 0.15) is 26.2 Å². The highest BCUT2D eigenvalue weighted by atomic mass is 16.5. The standard InChI is InChI=1S/C13H21N3O3/c1-2-19-13(18)11-5-3-8-16(9-11)10-12(17)15-7-4-6-14/h11H,2-5,7-10H2,1H3,(H,15,17)/t11-/m1/s1. The summed E-state index contributed by atoms with van der Waals surface area (Å²) in [5.74, 6) is -0.391. The van der Waals surface area contributed by atoms with Gasteiger partial charge < -0.3 is 10.1 Å². The van der Waals surface area contributed by atoms with Gasteiger partial charge in [0.25, 0.3) is 0 Å². The predicted octanol–water partition coefficient (Wildman–Crippen LogP) is 0.291. The number of hydrogen-bond donors (Lipinski definition) is 1. The van der Waals surface area contributed by atoms with Gasteiger partial charge in [-0.05, 0) is 26.3 Å². The highest BCUT2D eigenvalue weighted by molar-refractivity contribution is 5.78. The van der Waals surface area contributed by atoms with Crippen LogP contribution in [-0.2, 0) is 14.3 Å². The molecule has 19 heavy (non-hydrogen) atoms. The number of carbonyl (C=O) groups excluding carboxylic acids is 2. The summed E-state index contributed by atoms with van der Waals surface area (Å²) in [6.45, 7) is 4.24. The van der Waals surface area contributed by atoms with Gasteiger partial charge in [0.05, 0.1) is 31.6 Å². The summed E-state index contributed by atoms with van der Waals surface area (Å²) in [4.78, 5) is 25.2. The van der Waals surface area contributed by atoms with E-state index in [9.17, 15) is 9.59 Å². The second kappa shape index (κ2) is 8.48. The highest BCUT2D eigenvalue weighted by Crippen LogP contribution is 2.17. The molecule has 0 saturated carbocycles. The number of nitrogens with one attached hydrogen (secondary N) is 1. The maximum atomic E-state index is 11.7. The smallest absolute Gasteiger partial charge is 0.310 e. The maximum Gasteiger partial charge on any atom is 0.310 e. The Bertz CT molecular complexity index is 352. The van der Waals surface area contributed by atoms with Crippen molar-refractivity contribution in [2.75, 3.05) is 32.8 Å². The normalized spacial score (nSPS) is 19.5. The summed E-state index contributed by atoms with van der Waals surface area (Å²) in [6.07, 6.45) is 2.04. The van der Waals surface area contributed by atoms with Gasteiger partial charge in [0.1, 0.15) is 0 Å². The second-order valence-electron chi connectivity index (χ2n) is 4.58. The van der Waals surface area contributed by atoms with E-state index in [1.165, 1.54) is 0 Å². The molecule has 0 aromatic rings. The van der Waals surface area contributed by atoms with Gasteiger partial charge >= 0.3 is 5.97 Å². The Labute approximate surface area is 113 Å². The van der Waals surface area contributed by atoms with E-state index in [2.05, 4.69) is 5.32 Å². The van der Waals surface area contributed by atoms with Crippen LogP contribution in [0.25, 0.3) is 0 Å². The van der Waals surface area contributed by atoms with Crippen molar-refractivity contribution in [2.45, 2.75) is 26.2 Å². The van der Waals surface area contributed by atoms with E-state index in [4.69, 9.17) is 10.00 Å². The number of ether oxygens (including phenoxy) is 1. The number of likely N-dealkylation sites (tertiary alicyclic amines) is 1. The molecule has 0 aliphatic carbocycles. The predicted molar refractivity (Wildman–Crippen MR) is 69.0 cm³/mol. The van der Waals surface area contributed by atoms with Gasteiger partial charge in [-0.15, -0.1) is 0 Å². The fraction of sp³-hybridized carbons (Fsp3) is 0.769. The molecule has 0 unspecified atom stereocenters. The van der Waals surface area contributed by atoms with E-state index < -0.39 is 0 Å². The molecule has 1 amide bonds. The molecule has 1 aliphatic heterocycles. The van der Waals surface area contributed by atoms with E-state index in [0.717, 1.165) is 19.4 Å². The van der Waals surface area contributed by atoms with E-state index in [0.29, 0.717) is 26.1 Å². The average molecular weight is 267 g/mol. The molecule has 1 rings (SSSR count). The van der Waals surface area contributed by atoms with Crippen LogP contribution in [0.2, 0.25) is 0 Å². The number of nitrogens with zero attached hydrogens (tertiary/aromatic N) is 2. The molecular formula is C13H21N3O3. The Hall–Kier alpha value is -1.61. The molecule has 1 heterocycles. The van der Waals surface area contributed by atoms with Crippen molar-refractivity contribution >= 4 is 11.9 Å². The zero-order chi connectivity index (χ0) is 14.1. The zero-order valence-electron chi connectivity index (χ0n) is 11.4. The molecular weight excluding hydrogens is 246 g/mol. The number of esters is 1. The molecule has 0 spiro atoms. The van der Waals surface area contributed by atoms with Crippen molar-refractivity contribution in [2.24, 2.45) is 5.92 Å². The number of hydrogen-bond acceptors (Lipinski definition) is 5. The third-order valence-electron chi connectivity index (χ3n) is 3.05. The molecule has 6 heteroatoms. The van der Waals surface area contributed by atoms with Crippen molar-refractivity contribution in [3.05, 3.63) is 0 Å². The van der Waals surface area contributed by atoms with Crippen molar-refractivity contribution < 1.29 is 14.3 Å². The fourth-order valence-electron chi connectivity index (χ4n) is 2.17. The molecule has 1 N–H and O–H groups in total. The fourth-order valence-corrected chi connectivity index (χ4v) is 2.17. The van der Waals surface area contributed by atoms with Crippen molar-refractivity contribution in [3.63, 3.8) is 0 Å². The lowest BCUT2D eigenvalue weighted by molar-refractivity contribution is -0.150. The van der Waals surface area contributed by atoms with Gasteiger partial charge in [-0.25, -0.2) is 0 Å². The van der Waals surface area contributed by atoms with Crippen molar-refractivity contribution in [1.29, 1.82) is 5.26 Å². The van der Waals surface area contributed by atoms with Gasteiger partial charge in [-0.3, -0.25) is 14.5 Å². The SMILES string of the molecule is CCOC(=O)[C@@H]1CCCN(CC(=O)NCCC#N)C1. The Kier molecular flexibility index (Phi) is 6.90. The van der Waals surface area contributed by atoms with Gasteiger partial charge in [0, 0.05) is 13.1 Å². The third-order valence-corrected chi connectivity index (χ3v) is 3.05. The van der Waals surface area contributed by atoms with Crippen LogP contribution in [0.15, 0.2) is 0 Å². The Morgan fingerprint density at radius 1 is 1.53 bits per heavy atom. The maximum absolute atomic E-state index is 11.7. The van der Waals surface area contributed by atoms with Gasteiger partial charge in [-0.1, -0.05) is 0 Å². The lowest BCUT2D eigenvalue weighted by Crippen LogP contribution is -2.44. The Morgan fingerprint density at radius 2 is 2.32 bits per heavy atom. The minimum absolute atomic E-state index is 0.0974. The number of nitriles is 1. The second-order valence-corrected chi connectivity index (χ2v) is 4.58. The summed E-state index contributed by atoms with van der Waals surface area (Å²) in [6, 6.07) is 1.97. The summed E-state index contributed by atoms with van der Waals surface area (Å²) in [5.41, 5.74) is 0. The first-order chi connectivity index (χ1) is 9.17. The molecule has 0 bridgehead atoms. The number of rotatable bonds is 6. The van der Waals surface area contributed by atoms with E-state index in [1.54, 1.807) is 6.92 Å². The summed E-state index contributed by atoms with van der Waals surface area (Å²) < 4.78 is 5.01. The van der Waals surface area contributed by atoms with Crippen LogP contribution >= 0.6 is 0 Å². The first-order valence-electron chi connectivity index (χ1n) is 6.70. The third kappa shape index (κ3) is 5.71. The molecule has 1 atom stereocenters. The quantitative estimate of drug-likeness (QED) is 0.552. The van der Waals surface area contributed by atoms with Gasteiger partial charge in [0.2, 0.25) is 5.91 Å². The van der Waals surface area contributed by atoms with Crippen LogP contribution in [-0.4, -0.2) is 49.6 Å². The van der Waals surface area contributed by atoms with Crippen LogP contribution < -0.4 is 5.32 Å². The largest absolute Gasteiger partial charge is 0.466 e. The number of carbonyl (C=O) groups is 2. The van der Waals surface area contributed by atoms with Gasteiger partial charge in [-0.2, -0.15) is 5.26 Å². The zero-order valence-corrected chi connectivity index (χ0v) is 11.4. The summed E-state index contributed by atoms with van der Waals surface area (Å²) >= 11 is 0. The first-order valence-corrected chi connectivity index (χ1v) is 6.70. The minimum Gasteiger partial charge on any atom is -0.466 e. The lowest BCUT2D eigenvalue weighted by atomic mass is 9.98. The lowest BCUT2D eigenvalue weighted by Gasteiger charge is -2.30. The Morgan fingerprint density at radius 3 is 3.00 bits per heavy atom. The van der Waals surface area contributed by atoms with Crippen molar-refractivity contribution in [1.82, 2.24) is 10.2 Å². The first kappa shape index (κ1) is 15.4. The molecule has 0 aromatic heterocycles. The van der Waals surface area contributed by atoms with Crippen LogP contribution in [0.4, 0.5) is 0 Å². The topological polar surface area (TPSA) is 82.4 Å². The molecule has 6 nitrogen and oxygen atoms in total. The van der Waals surface area contributed by atoms with E-state index >= 15 is 0 Å². The van der Waals surface area contributed by atoms with Crippen molar-refractivity contribution in [3.8, 4) is 6.07 Å². The van der Waals surface area contributed by atoms with Crippen LogP contribution in [0.5, 0.6) is 0 Å². The van der Waals surface area contributed by atoms with Crippen LogP contribution in [0.3, 0.4) is 0 Å². The van der Waals surface area contributed by atoms with E-state index in [1.807, 2.05) is 11.0 Å². The Balaban J connectivity index is 2.32. The van der Waals surface area contributed by atoms with Crippen LogP contribution in [0, 0.1) is 17.2 Å². The van der Waals surface area contributed by atoms with E-state index in [-0.39, 0.29) is 24.3 Å². The minimum atomic E-state index is -0.169. The summed E-state index contributed by atoms with van der Waals surface area (Å²) in [5, 5.41) is 11.1. The average Bonchev–Trinajstić information content (AvgIpc) is 2.39. The molecule has 0 aromatic carbocycles. The highest BCUT2D eigenvalue weighted by Gasteiger charge is 2.27. The molecule has 106 valence electrons. The molecule has 0 radical (unpaired) electrons. The molecule has 1 fully saturated rings. The number of piperidine rings is 1. The monoisotopic (exact) mass is 267 g/mol.